The Balaban J connectivity index is 2.15. The lowest BCUT2D eigenvalue weighted by Gasteiger charge is -2.40. The van der Waals surface area contributed by atoms with Gasteiger partial charge < -0.3 is 40.3 Å². The van der Waals surface area contributed by atoms with Gasteiger partial charge in [-0.05, 0) is 103 Å². The number of ether oxygens (including phenoxy) is 2. The number of hydrogen-bond acceptors (Lipinski definition) is 8. The van der Waals surface area contributed by atoms with Gasteiger partial charge in [0, 0.05) is 6.42 Å². The lowest BCUT2D eigenvalue weighted by molar-refractivity contribution is -0.302. The summed E-state index contributed by atoms with van der Waals surface area (Å²) in [5, 5.41) is 54.1. The second-order valence-electron chi connectivity index (χ2n) is 17.9. The Bertz CT molecular complexity index is 1530. The van der Waals surface area contributed by atoms with Crippen molar-refractivity contribution in [1.29, 1.82) is 0 Å². The van der Waals surface area contributed by atoms with E-state index >= 15 is 0 Å². The van der Waals surface area contributed by atoms with Gasteiger partial charge in [-0.3, -0.25) is 4.79 Å². The summed E-state index contributed by atoms with van der Waals surface area (Å²) in [6.45, 7) is 3.56. The molecule has 69 heavy (non-hydrogen) atoms. The summed E-state index contributed by atoms with van der Waals surface area (Å²) in [6, 6.07) is -0.832. The van der Waals surface area contributed by atoms with E-state index in [4.69, 9.17) is 9.47 Å². The first kappa shape index (κ1) is 63.3. The minimum atomic E-state index is -1.58. The van der Waals surface area contributed by atoms with Crippen LogP contribution in [0.5, 0.6) is 0 Å². The first-order chi connectivity index (χ1) is 33.8. The number of amides is 1. The second-order valence-corrected chi connectivity index (χ2v) is 17.9. The maximum Gasteiger partial charge on any atom is 0.220 e. The molecule has 9 heteroatoms. The summed E-state index contributed by atoms with van der Waals surface area (Å²) in [4.78, 5) is 13.0. The Morgan fingerprint density at radius 2 is 0.913 bits per heavy atom. The third-order valence-electron chi connectivity index (χ3n) is 11.7. The third kappa shape index (κ3) is 37.8. The first-order valence-electron chi connectivity index (χ1n) is 26.9. The summed E-state index contributed by atoms with van der Waals surface area (Å²) >= 11 is 0. The molecule has 1 amide bonds. The maximum atomic E-state index is 13.0. The minimum absolute atomic E-state index is 0.203. The molecule has 0 radical (unpaired) electrons. The molecule has 1 rings (SSSR count). The van der Waals surface area contributed by atoms with Gasteiger partial charge in [0.1, 0.15) is 24.4 Å². The first-order valence-corrected chi connectivity index (χ1v) is 26.9. The predicted molar refractivity (Wildman–Crippen MR) is 290 cm³/mol. The highest BCUT2D eigenvalue weighted by Gasteiger charge is 2.44. The zero-order valence-corrected chi connectivity index (χ0v) is 43.0. The number of nitrogens with one attached hydrogen (secondary N) is 1. The van der Waals surface area contributed by atoms with Gasteiger partial charge in [0.15, 0.2) is 6.29 Å². The third-order valence-corrected chi connectivity index (χ3v) is 11.7. The van der Waals surface area contributed by atoms with Gasteiger partial charge in [-0.2, -0.15) is 0 Å². The van der Waals surface area contributed by atoms with Crippen molar-refractivity contribution in [2.24, 2.45) is 0 Å². The zero-order valence-electron chi connectivity index (χ0n) is 43.0. The molecule has 7 atom stereocenters. The van der Waals surface area contributed by atoms with Crippen LogP contribution < -0.4 is 5.32 Å². The van der Waals surface area contributed by atoms with Crippen LogP contribution in [0.1, 0.15) is 181 Å². The molecule has 1 heterocycles. The summed E-state index contributed by atoms with van der Waals surface area (Å²) in [5.41, 5.74) is 0. The van der Waals surface area contributed by atoms with Crippen molar-refractivity contribution < 1.29 is 39.8 Å². The highest BCUT2D eigenvalue weighted by Crippen LogP contribution is 2.22. The quantitative estimate of drug-likeness (QED) is 0.0261. The smallest absolute Gasteiger partial charge is 0.220 e. The van der Waals surface area contributed by atoms with Crippen LogP contribution in [0.15, 0.2) is 134 Å². The Hall–Kier alpha value is -3.67. The standard InChI is InChI=1S/C60H97NO8/c1-3-5-7-9-11-13-14-15-16-17-18-19-20-21-22-23-24-25-26-27-28-29-30-31-32-33-34-35-36-37-38-39-40-42-44-46-48-50-56(64)61-53(54(63)49-47-45-43-41-12-10-8-6-4-2)52-68-60-59(67)58(66)57(65)55(51-62)69-60/h5,7,11-13,15-16,18-19,21-22,24-25,27-28,30-31,33-34,41,47,49,53-55,57-60,62-63,65-67H,3-4,6,8-10,14,17,20,23,26,29,32,35-40,42-46,48,50-52H2,1-2H3,(H,61,64)/b7-5-,13-11-,16-15-,19-18-,22-21-,25-24-,28-27-,31-30-,34-33-,41-12+,49-47+. The monoisotopic (exact) mass is 960 g/mol. The van der Waals surface area contributed by atoms with Gasteiger partial charge >= 0.3 is 0 Å². The fourth-order valence-corrected chi connectivity index (χ4v) is 7.46. The molecule has 0 saturated carbocycles. The van der Waals surface area contributed by atoms with Crippen molar-refractivity contribution in [2.45, 2.75) is 224 Å². The van der Waals surface area contributed by atoms with Crippen LogP contribution in [-0.2, 0) is 14.3 Å². The van der Waals surface area contributed by atoms with E-state index in [1.165, 1.54) is 51.4 Å². The molecule has 1 aliphatic rings. The lowest BCUT2D eigenvalue weighted by Crippen LogP contribution is -2.60. The fourth-order valence-electron chi connectivity index (χ4n) is 7.46. The minimum Gasteiger partial charge on any atom is -0.394 e. The van der Waals surface area contributed by atoms with Gasteiger partial charge in [-0.15, -0.1) is 0 Å². The molecule has 9 nitrogen and oxygen atoms in total. The highest BCUT2D eigenvalue weighted by atomic mass is 16.7. The van der Waals surface area contributed by atoms with Crippen LogP contribution >= 0.6 is 0 Å². The van der Waals surface area contributed by atoms with Gasteiger partial charge in [0.2, 0.25) is 5.91 Å². The van der Waals surface area contributed by atoms with Crippen molar-refractivity contribution in [3.63, 3.8) is 0 Å². The molecular weight excluding hydrogens is 863 g/mol. The summed E-state index contributed by atoms with van der Waals surface area (Å²) in [7, 11) is 0. The maximum absolute atomic E-state index is 13.0. The Labute approximate surface area is 420 Å². The van der Waals surface area contributed by atoms with Crippen molar-refractivity contribution in [3.8, 4) is 0 Å². The van der Waals surface area contributed by atoms with E-state index in [9.17, 15) is 30.3 Å². The van der Waals surface area contributed by atoms with E-state index in [-0.39, 0.29) is 12.5 Å². The topological polar surface area (TPSA) is 149 Å². The molecule has 0 spiro atoms. The van der Waals surface area contributed by atoms with Crippen LogP contribution in [-0.4, -0.2) is 87.5 Å². The van der Waals surface area contributed by atoms with Gasteiger partial charge in [-0.1, -0.05) is 205 Å². The molecule has 0 bridgehead atoms. The van der Waals surface area contributed by atoms with Gasteiger partial charge in [0.05, 0.1) is 25.4 Å². The lowest BCUT2D eigenvalue weighted by atomic mass is 9.99. The highest BCUT2D eigenvalue weighted by molar-refractivity contribution is 5.76. The molecule has 390 valence electrons. The largest absolute Gasteiger partial charge is 0.394 e. The average molecular weight is 960 g/mol. The van der Waals surface area contributed by atoms with Crippen molar-refractivity contribution >= 4 is 5.91 Å². The molecule has 7 unspecified atom stereocenters. The van der Waals surface area contributed by atoms with Crippen LogP contribution in [0, 0.1) is 0 Å². The molecule has 0 aliphatic carbocycles. The number of aliphatic hydroxyl groups is 5. The van der Waals surface area contributed by atoms with Gasteiger partial charge in [0.25, 0.3) is 0 Å². The molecule has 1 saturated heterocycles. The second kappa shape index (κ2) is 48.0. The van der Waals surface area contributed by atoms with Gasteiger partial charge in [-0.25, -0.2) is 0 Å². The molecule has 6 N–H and O–H groups in total. The van der Waals surface area contributed by atoms with Crippen molar-refractivity contribution in [2.75, 3.05) is 13.2 Å². The Morgan fingerprint density at radius 3 is 1.39 bits per heavy atom. The fraction of sp³-hybridized carbons (Fsp3) is 0.617. The van der Waals surface area contributed by atoms with Crippen molar-refractivity contribution in [1.82, 2.24) is 5.32 Å². The SMILES string of the molecule is CC/C=C\C/C=C\C/C=C\C/C=C\C/C=C\C/C=C\C/C=C\C/C=C\C/C=C\CCCCCCCCCCCC(=O)NC(COC1OC(CO)C(O)C(O)C1O)C(O)/C=C/CC/C=C/CCCCC. The summed E-state index contributed by atoms with van der Waals surface area (Å²) in [6.07, 6.45) is 66.8. The molecule has 1 aliphatic heterocycles. The molecule has 0 aromatic heterocycles. The van der Waals surface area contributed by atoms with E-state index in [2.05, 4.69) is 141 Å². The number of carbonyl (C=O) groups excluding carboxylic acids is 1. The average Bonchev–Trinajstić information content (AvgIpc) is 3.35. The Morgan fingerprint density at radius 1 is 0.507 bits per heavy atom. The van der Waals surface area contributed by atoms with Crippen LogP contribution in [0.3, 0.4) is 0 Å². The predicted octanol–water partition coefficient (Wildman–Crippen LogP) is 12.9. The normalized spacial score (nSPS) is 20.6. The number of hydrogen-bond donors (Lipinski definition) is 6. The van der Waals surface area contributed by atoms with Crippen LogP contribution in [0.25, 0.3) is 0 Å². The van der Waals surface area contributed by atoms with E-state index in [1.807, 2.05) is 6.08 Å². The van der Waals surface area contributed by atoms with Crippen molar-refractivity contribution in [3.05, 3.63) is 134 Å². The number of allylic oxidation sites excluding steroid dienone is 21. The summed E-state index contributed by atoms with van der Waals surface area (Å²) in [5.74, 6) is -0.203. The van der Waals surface area contributed by atoms with E-state index < -0.39 is 49.5 Å². The molecular formula is C60H97NO8. The zero-order chi connectivity index (χ0) is 50.1. The van der Waals surface area contributed by atoms with E-state index in [0.717, 1.165) is 109 Å². The van der Waals surface area contributed by atoms with E-state index in [0.29, 0.717) is 6.42 Å². The summed E-state index contributed by atoms with van der Waals surface area (Å²) < 4.78 is 11.2. The number of aliphatic hydroxyl groups excluding tert-OH is 5. The van der Waals surface area contributed by atoms with E-state index in [1.54, 1.807) is 6.08 Å². The molecule has 0 aromatic carbocycles. The van der Waals surface area contributed by atoms with Crippen LogP contribution in [0.4, 0.5) is 0 Å². The number of rotatable bonds is 43. The molecule has 0 aromatic rings. The number of carbonyl (C=O) groups is 1. The Kier molecular flexibility index (Phi) is 44.0. The number of unbranched alkanes of at least 4 members (excludes halogenated alkanes) is 13. The molecule has 1 fully saturated rings. The van der Waals surface area contributed by atoms with Crippen LogP contribution in [0.2, 0.25) is 0 Å².